The van der Waals surface area contributed by atoms with E-state index in [2.05, 4.69) is 228 Å². The van der Waals surface area contributed by atoms with Crippen molar-refractivity contribution in [3.63, 3.8) is 0 Å². The first-order valence-electron chi connectivity index (χ1n) is 18.5. The van der Waals surface area contributed by atoms with Crippen LogP contribution >= 0.6 is 0 Å². The van der Waals surface area contributed by atoms with Gasteiger partial charge in [-0.3, -0.25) is 0 Å². The molecule has 2 heteroatoms. The van der Waals surface area contributed by atoms with Gasteiger partial charge in [0.1, 0.15) is 0 Å². The van der Waals surface area contributed by atoms with Crippen molar-refractivity contribution in [2.24, 2.45) is 0 Å². The minimum atomic E-state index is 1.11. The van der Waals surface area contributed by atoms with E-state index in [0.717, 1.165) is 17.1 Å². The highest BCUT2D eigenvalue weighted by Crippen LogP contribution is 2.41. The fourth-order valence-corrected chi connectivity index (χ4v) is 8.07. The average molecular weight is 689 g/mol. The first-order chi connectivity index (χ1) is 26.8. The summed E-state index contributed by atoms with van der Waals surface area (Å²) in [7, 11) is 0. The number of nitrogens with zero attached hydrogens (tertiary/aromatic N) is 2. The minimum absolute atomic E-state index is 1.11. The van der Waals surface area contributed by atoms with Crippen LogP contribution in [0, 0.1) is 0 Å². The van der Waals surface area contributed by atoms with Gasteiger partial charge in [-0.25, -0.2) is 0 Å². The monoisotopic (exact) mass is 688 g/mol. The third-order valence-electron chi connectivity index (χ3n) is 10.6. The highest BCUT2D eigenvalue weighted by Gasteiger charge is 2.17. The predicted molar refractivity (Wildman–Crippen MR) is 229 cm³/mol. The van der Waals surface area contributed by atoms with Crippen molar-refractivity contribution in [3.8, 4) is 39.1 Å². The summed E-state index contributed by atoms with van der Waals surface area (Å²) >= 11 is 0. The summed E-state index contributed by atoms with van der Waals surface area (Å²) in [5.41, 5.74) is 14.2. The van der Waals surface area contributed by atoms with Gasteiger partial charge in [-0.05, 0) is 111 Å². The van der Waals surface area contributed by atoms with Gasteiger partial charge in [0.05, 0.1) is 11.0 Å². The Hall–Kier alpha value is -7.16. The van der Waals surface area contributed by atoms with E-state index < -0.39 is 0 Å². The third-order valence-corrected chi connectivity index (χ3v) is 10.6. The van der Waals surface area contributed by atoms with Crippen LogP contribution in [0.15, 0.2) is 218 Å². The van der Waals surface area contributed by atoms with Gasteiger partial charge < -0.3 is 9.47 Å². The summed E-state index contributed by atoms with van der Waals surface area (Å²) < 4.78 is 2.38. The molecule has 0 radical (unpaired) electrons. The molecule has 0 bridgehead atoms. The van der Waals surface area contributed by atoms with Crippen LogP contribution in [-0.2, 0) is 0 Å². The van der Waals surface area contributed by atoms with Gasteiger partial charge in [0.2, 0.25) is 0 Å². The Kier molecular flexibility index (Phi) is 7.85. The number of fused-ring (bicyclic) bond motifs is 4. The standard InChI is InChI=1S/C52H36N2/c1-4-14-37(15-5-1)38-26-31-44(32-27-38)53(42-18-6-2-7-19-42)45-33-28-39(29-34-45)46-23-12-16-40-17-13-24-47(52(40)46)41-30-35-51-49(36-41)48-22-10-11-25-50(48)54(51)43-20-8-3-9-21-43/h1-36H. The lowest BCUT2D eigenvalue weighted by molar-refractivity contribution is 1.18. The Morgan fingerprint density at radius 3 is 1.50 bits per heavy atom. The van der Waals surface area contributed by atoms with Crippen molar-refractivity contribution in [2.75, 3.05) is 4.90 Å². The van der Waals surface area contributed by atoms with Gasteiger partial charge in [0, 0.05) is 33.5 Å². The summed E-state index contributed by atoms with van der Waals surface area (Å²) in [5, 5.41) is 5.00. The summed E-state index contributed by atoms with van der Waals surface area (Å²) in [6, 6.07) is 78.8. The zero-order valence-electron chi connectivity index (χ0n) is 29.7. The van der Waals surface area contributed by atoms with Crippen LogP contribution in [0.2, 0.25) is 0 Å². The highest BCUT2D eigenvalue weighted by molar-refractivity contribution is 6.12. The number of hydrogen-bond acceptors (Lipinski definition) is 1. The molecule has 0 saturated heterocycles. The maximum Gasteiger partial charge on any atom is 0.0541 e. The van der Waals surface area contributed by atoms with Crippen LogP contribution < -0.4 is 4.90 Å². The molecule has 0 unspecified atom stereocenters. The van der Waals surface area contributed by atoms with E-state index in [1.807, 2.05) is 0 Å². The second-order valence-electron chi connectivity index (χ2n) is 13.8. The summed E-state index contributed by atoms with van der Waals surface area (Å²) in [4.78, 5) is 2.33. The summed E-state index contributed by atoms with van der Waals surface area (Å²) in [6.07, 6.45) is 0. The van der Waals surface area contributed by atoms with Crippen molar-refractivity contribution in [1.82, 2.24) is 4.57 Å². The van der Waals surface area contributed by atoms with Gasteiger partial charge in [0.25, 0.3) is 0 Å². The van der Waals surface area contributed by atoms with Crippen LogP contribution in [0.5, 0.6) is 0 Å². The van der Waals surface area contributed by atoms with Crippen molar-refractivity contribution in [2.45, 2.75) is 0 Å². The second kappa shape index (κ2) is 13.4. The average Bonchev–Trinajstić information content (AvgIpc) is 3.58. The molecule has 10 rings (SSSR count). The minimum Gasteiger partial charge on any atom is -0.311 e. The predicted octanol–water partition coefficient (Wildman–Crippen LogP) is 14.4. The normalized spacial score (nSPS) is 11.3. The summed E-state index contributed by atoms with van der Waals surface area (Å²) in [5.74, 6) is 0. The van der Waals surface area contributed by atoms with E-state index in [0.29, 0.717) is 0 Å². The molecule has 0 N–H and O–H groups in total. The smallest absolute Gasteiger partial charge is 0.0541 e. The van der Waals surface area contributed by atoms with E-state index in [-0.39, 0.29) is 0 Å². The molecular formula is C52H36N2. The lowest BCUT2D eigenvalue weighted by Crippen LogP contribution is -2.09. The molecular weight excluding hydrogens is 653 g/mol. The number of aromatic nitrogens is 1. The molecule has 0 fully saturated rings. The van der Waals surface area contributed by atoms with Gasteiger partial charge >= 0.3 is 0 Å². The molecule has 0 amide bonds. The molecule has 2 nitrogen and oxygen atoms in total. The number of anilines is 3. The number of para-hydroxylation sites is 3. The van der Waals surface area contributed by atoms with Crippen LogP contribution in [0.3, 0.4) is 0 Å². The number of hydrogen-bond donors (Lipinski definition) is 0. The molecule has 0 aliphatic heterocycles. The molecule has 1 heterocycles. The first kappa shape index (κ1) is 31.6. The van der Waals surface area contributed by atoms with Gasteiger partial charge in [-0.2, -0.15) is 0 Å². The number of benzene rings is 9. The van der Waals surface area contributed by atoms with Gasteiger partial charge in [0.15, 0.2) is 0 Å². The van der Waals surface area contributed by atoms with E-state index in [1.165, 1.54) is 71.6 Å². The second-order valence-corrected chi connectivity index (χ2v) is 13.8. The highest BCUT2D eigenvalue weighted by atomic mass is 15.1. The van der Waals surface area contributed by atoms with Crippen LogP contribution in [-0.4, -0.2) is 4.57 Å². The summed E-state index contributed by atoms with van der Waals surface area (Å²) in [6.45, 7) is 0. The largest absolute Gasteiger partial charge is 0.311 e. The Morgan fingerprint density at radius 2 is 0.815 bits per heavy atom. The van der Waals surface area contributed by atoms with Crippen LogP contribution in [0.1, 0.15) is 0 Å². The lowest BCUT2D eigenvalue weighted by atomic mass is 9.91. The zero-order valence-corrected chi connectivity index (χ0v) is 29.7. The molecule has 254 valence electrons. The molecule has 54 heavy (non-hydrogen) atoms. The quantitative estimate of drug-likeness (QED) is 0.162. The van der Waals surface area contributed by atoms with E-state index in [1.54, 1.807) is 0 Å². The van der Waals surface area contributed by atoms with Crippen molar-refractivity contribution >= 4 is 49.6 Å². The third kappa shape index (κ3) is 5.53. The maximum absolute atomic E-state index is 2.38. The van der Waals surface area contributed by atoms with E-state index in [9.17, 15) is 0 Å². The van der Waals surface area contributed by atoms with Gasteiger partial charge in [-0.1, -0.05) is 152 Å². The van der Waals surface area contributed by atoms with Gasteiger partial charge in [-0.15, -0.1) is 0 Å². The topological polar surface area (TPSA) is 8.17 Å². The lowest BCUT2D eigenvalue weighted by Gasteiger charge is -2.26. The molecule has 10 aromatic rings. The molecule has 0 saturated carbocycles. The molecule has 0 aliphatic carbocycles. The van der Waals surface area contributed by atoms with E-state index in [4.69, 9.17) is 0 Å². The van der Waals surface area contributed by atoms with Crippen LogP contribution in [0.25, 0.3) is 71.6 Å². The Balaban J connectivity index is 1.07. The molecule has 9 aromatic carbocycles. The van der Waals surface area contributed by atoms with Crippen LogP contribution in [0.4, 0.5) is 17.1 Å². The Morgan fingerprint density at radius 1 is 0.315 bits per heavy atom. The number of rotatable bonds is 7. The molecule has 0 aliphatic rings. The van der Waals surface area contributed by atoms with Crippen molar-refractivity contribution in [1.29, 1.82) is 0 Å². The zero-order chi connectivity index (χ0) is 35.8. The molecule has 0 spiro atoms. The SMILES string of the molecule is c1ccc(-c2ccc(N(c3ccccc3)c3ccc(-c4cccc5cccc(-c6ccc7c(c6)c6ccccc6n7-c6ccccc6)c45)cc3)cc2)cc1. The molecule has 0 atom stereocenters. The van der Waals surface area contributed by atoms with E-state index >= 15 is 0 Å². The van der Waals surface area contributed by atoms with Crippen molar-refractivity contribution in [3.05, 3.63) is 218 Å². The maximum atomic E-state index is 2.38. The first-order valence-corrected chi connectivity index (χ1v) is 18.5. The van der Waals surface area contributed by atoms with Crippen molar-refractivity contribution < 1.29 is 0 Å². The Labute approximate surface area is 315 Å². The molecule has 1 aromatic heterocycles. The fourth-order valence-electron chi connectivity index (χ4n) is 8.07. The Bertz CT molecular complexity index is 2890. The fraction of sp³-hybridized carbons (Fsp3) is 0.